The fourth-order valence-corrected chi connectivity index (χ4v) is 3.66. The number of ether oxygens (including phenoxy) is 1. The van der Waals surface area contributed by atoms with E-state index in [1.807, 2.05) is 49.5 Å². The van der Waals surface area contributed by atoms with Crippen LogP contribution < -0.4 is 15.4 Å². The summed E-state index contributed by atoms with van der Waals surface area (Å²) in [4.78, 5) is 17.1. The molecular weight excluding hydrogens is 412 g/mol. The van der Waals surface area contributed by atoms with E-state index in [-0.39, 0.29) is 6.03 Å². The largest absolute Gasteiger partial charge is 0.495 e. The Hall–Kier alpha value is -3.51. The molecule has 4 rings (SSSR count). The van der Waals surface area contributed by atoms with E-state index in [4.69, 9.17) is 21.3 Å². The Morgan fingerprint density at radius 2 is 1.81 bits per heavy atom. The van der Waals surface area contributed by atoms with Crippen molar-refractivity contribution < 1.29 is 9.53 Å². The highest BCUT2D eigenvalue weighted by Crippen LogP contribution is 2.27. The van der Waals surface area contributed by atoms with E-state index in [2.05, 4.69) is 21.3 Å². The molecule has 4 aromatic rings. The number of fused-ring (bicyclic) bond motifs is 1. The molecule has 0 saturated carbocycles. The lowest BCUT2D eigenvalue weighted by Gasteiger charge is -2.12. The number of imidazole rings is 1. The number of rotatable bonds is 6. The van der Waals surface area contributed by atoms with E-state index >= 15 is 0 Å². The number of hydrogen-bond donors (Lipinski definition) is 2. The van der Waals surface area contributed by atoms with Gasteiger partial charge >= 0.3 is 6.03 Å². The predicted octanol–water partition coefficient (Wildman–Crippen LogP) is 5.66. The Balaban J connectivity index is 1.36. The molecule has 0 radical (unpaired) electrons. The van der Waals surface area contributed by atoms with Crippen molar-refractivity contribution in [3.63, 3.8) is 0 Å². The zero-order chi connectivity index (χ0) is 21.8. The van der Waals surface area contributed by atoms with Crippen LogP contribution in [-0.2, 0) is 19.9 Å². The van der Waals surface area contributed by atoms with Gasteiger partial charge in [-0.1, -0.05) is 35.9 Å². The van der Waals surface area contributed by atoms with Crippen molar-refractivity contribution in [2.24, 2.45) is 7.05 Å². The van der Waals surface area contributed by atoms with Gasteiger partial charge in [-0.2, -0.15) is 0 Å². The highest BCUT2D eigenvalue weighted by atomic mass is 35.5. The van der Waals surface area contributed by atoms with E-state index in [0.29, 0.717) is 22.1 Å². The lowest BCUT2D eigenvalue weighted by molar-refractivity contribution is 0.262. The SMILES string of the molecule is COc1ccc(Cl)cc1NC(=O)Nc1ccc(CCc2nc3ccccc3n2C)cc1. The summed E-state index contributed by atoms with van der Waals surface area (Å²) in [6, 6.07) is 20.6. The van der Waals surface area contributed by atoms with E-state index in [1.54, 1.807) is 25.3 Å². The highest BCUT2D eigenvalue weighted by Gasteiger charge is 2.10. The molecule has 0 aliphatic heterocycles. The number of para-hydroxylation sites is 2. The second-order valence-electron chi connectivity index (χ2n) is 7.20. The number of urea groups is 1. The average Bonchev–Trinajstić information content (AvgIpc) is 3.09. The van der Waals surface area contributed by atoms with Gasteiger partial charge in [0.1, 0.15) is 11.6 Å². The minimum atomic E-state index is -0.368. The summed E-state index contributed by atoms with van der Waals surface area (Å²) in [5, 5.41) is 6.10. The number of aryl methyl sites for hydroxylation is 3. The van der Waals surface area contributed by atoms with Crippen molar-refractivity contribution in [2.45, 2.75) is 12.8 Å². The van der Waals surface area contributed by atoms with E-state index in [9.17, 15) is 4.79 Å². The Morgan fingerprint density at radius 3 is 2.55 bits per heavy atom. The van der Waals surface area contributed by atoms with Gasteiger partial charge in [-0.15, -0.1) is 0 Å². The predicted molar refractivity (Wildman–Crippen MR) is 125 cm³/mol. The molecule has 2 amide bonds. The number of aromatic nitrogens is 2. The van der Waals surface area contributed by atoms with Gasteiger partial charge in [-0.25, -0.2) is 9.78 Å². The molecule has 0 aliphatic carbocycles. The van der Waals surface area contributed by atoms with Crippen LogP contribution in [0.1, 0.15) is 11.4 Å². The van der Waals surface area contributed by atoms with Crippen molar-refractivity contribution >= 4 is 40.0 Å². The van der Waals surface area contributed by atoms with Crippen LogP contribution in [0.25, 0.3) is 11.0 Å². The van der Waals surface area contributed by atoms with Crippen molar-refractivity contribution in [2.75, 3.05) is 17.7 Å². The molecule has 1 aromatic heterocycles. The third-order valence-corrected chi connectivity index (χ3v) is 5.37. The zero-order valence-corrected chi connectivity index (χ0v) is 18.1. The lowest BCUT2D eigenvalue weighted by Crippen LogP contribution is -2.19. The number of benzene rings is 3. The molecular formula is C24H23ClN4O2. The first-order valence-electron chi connectivity index (χ1n) is 9.94. The summed E-state index contributed by atoms with van der Waals surface area (Å²) >= 11 is 6.01. The van der Waals surface area contributed by atoms with Crippen LogP contribution in [0.2, 0.25) is 5.02 Å². The van der Waals surface area contributed by atoms with Crippen molar-refractivity contribution in [1.29, 1.82) is 0 Å². The number of halogens is 1. The maximum atomic E-state index is 12.3. The number of hydrogen-bond acceptors (Lipinski definition) is 3. The molecule has 6 nitrogen and oxygen atoms in total. The number of anilines is 2. The maximum Gasteiger partial charge on any atom is 0.323 e. The van der Waals surface area contributed by atoms with Gasteiger partial charge in [-0.3, -0.25) is 0 Å². The summed E-state index contributed by atoms with van der Waals surface area (Å²) in [6.07, 6.45) is 1.70. The average molecular weight is 435 g/mol. The molecule has 31 heavy (non-hydrogen) atoms. The molecule has 0 bridgehead atoms. The Kier molecular flexibility index (Phi) is 6.09. The Bertz CT molecular complexity index is 1220. The van der Waals surface area contributed by atoms with Crippen molar-refractivity contribution in [1.82, 2.24) is 9.55 Å². The van der Waals surface area contributed by atoms with Crippen LogP contribution >= 0.6 is 11.6 Å². The van der Waals surface area contributed by atoms with Crippen LogP contribution in [0.4, 0.5) is 16.2 Å². The molecule has 0 saturated heterocycles. The summed E-state index contributed by atoms with van der Waals surface area (Å²) in [7, 11) is 3.59. The molecule has 3 aromatic carbocycles. The highest BCUT2D eigenvalue weighted by molar-refractivity contribution is 6.31. The molecule has 0 unspecified atom stereocenters. The number of carbonyl (C=O) groups excluding carboxylic acids is 1. The van der Waals surface area contributed by atoms with E-state index < -0.39 is 0 Å². The van der Waals surface area contributed by atoms with Crippen molar-refractivity contribution in [3.05, 3.63) is 83.1 Å². The molecule has 7 heteroatoms. The molecule has 0 fully saturated rings. The first kappa shape index (κ1) is 20.8. The van der Waals surface area contributed by atoms with Gasteiger partial charge in [0.05, 0.1) is 23.8 Å². The van der Waals surface area contributed by atoms with E-state index in [0.717, 1.165) is 29.7 Å². The molecule has 158 valence electrons. The van der Waals surface area contributed by atoms with Gasteiger partial charge in [0.15, 0.2) is 0 Å². The second kappa shape index (κ2) is 9.10. The number of nitrogens with one attached hydrogen (secondary N) is 2. The van der Waals surface area contributed by atoms with Gasteiger partial charge < -0.3 is 19.9 Å². The second-order valence-corrected chi connectivity index (χ2v) is 7.63. The standard InChI is InChI=1S/C24H23ClN4O2/c1-29-21-6-4-3-5-19(21)27-23(29)14-9-16-7-11-18(12-8-16)26-24(30)28-20-15-17(25)10-13-22(20)31-2/h3-8,10-13,15H,9,14H2,1-2H3,(H2,26,28,30). The third kappa shape index (κ3) is 4.81. The fourth-order valence-electron chi connectivity index (χ4n) is 3.49. The number of carbonyl (C=O) groups is 1. The Morgan fingerprint density at radius 1 is 1.03 bits per heavy atom. The van der Waals surface area contributed by atoms with Crippen LogP contribution in [-0.4, -0.2) is 22.7 Å². The summed E-state index contributed by atoms with van der Waals surface area (Å²) in [5.41, 5.74) is 4.53. The Labute approximate surface area is 185 Å². The third-order valence-electron chi connectivity index (χ3n) is 5.14. The number of nitrogens with zero attached hydrogens (tertiary/aromatic N) is 2. The zero-order valence-electron chi connectivity index (χ0n) is 17.4. The van der Waals surface area contributed by atoms with Gasteiger partial charge in [0.2, 0.25) is 0 Å². The van der Waals surface area contributed by atoms with Crippen LogP contribution in [0.15, 0.2) is 66.7 Å². The van der Waals surface area contributed by atoms with Crippen molar-refractivity contribution in [3.8, 4) is 5.75 Å². The first-order chi connectivity index (χ1) is 15.0. The maximum absolute atomic E-state index is 12.3. The van der Waals surface area contributed by atoms with Crippen LogP contribution in [0, 0.1) is 0 Å². The minimum Gasteiger partial charge on any atom is -0.495 e. The molecule has 2 N–H and O–H groups in total. The molecule has 0 atom stereocenters. The smallest absolute Gasteiger partial charge is 0.323 e. The normalized spacial score (nSPS) is 10.8. The summed E-state index contributed by atoms with van der Waals surface area (Å²) in [6.45, 7) is 0. The monoisotopic (exact) mass is 434 g/mol. The van der Waals surface area contributed by atoms with E-state index in [1.165, 1.54) is 5.56 Å². The molecule has 0 aliphatic rings. The quantitative estimate of drug-likeness (QED) is 0.411. The van der Waals surface area contributed by atoms with Crippen LogP contribution in [0.5, 0.6) is 5.75 Å². The topological polar surface area (TPSA) is 68.2 Å². The van der Waals surface area contributed by atoms with Gasteiger partial charge in [0, 0.05) is 24.2 Å². The van der Waals surface area contributed by atoms with Gasteiger partial charge in [-0.05, 0) is 54.4 Å². The number of methoxy groups -OCH3 is 1. The minimum absolute atomic E-state index is 0.368. The summed E-state index contributed by atoms with van der Waals surface area (Å²) < 4.78 is 7.39. The first-order valence-corrected chi connectivity index (χ1v) is 10.3. The molecule has 0 spiro atoms. The lowest BCUT2D eigenvalue weighted by atomic mass is 10.1. The summed E-state index contributed by atoms with van der Waals surface area (Å²) in [5.74, 6) is 1.59. The number of amides is 2. The molecule has 1 heterocycles. The van der Waals surface area contributed by atoms with Crippen LogP contribution in [0.3, 0.4) is 0 Å². The fraction of sp³-hybridized carbons (Fsp3) is 0.167. The van der Waals surface area contributed by atoms with Gasteiger partial charge in [0.25, 0.3) is 0 Å².